The number of piperazine rings is 1. The van der Waals surface area contributed by atoms with Crippen LogP contribution in [0.15, 0.2) is 0 Å². The lowest BCUT2D eigenvalue weighted by atomic mass is 10.3. The monoisotopic (exact) mass is 172 g/mol. The number of carbonyl (C=O) groups is 3. The van der Waals surface area contributed by atoms with Crippen LogP contribution in [0, 0.1) is 0 Å². The summed E-state index contributed by atoms with van der Waals surface area (Å²) in [6, 6.07) is 0. The van der Waals surface area contributed by atoms with E-state index in [1.54, 1.807) is 0 Å². The number of imide groups is 1. The van der Waals surface area contributed by atoms with E-state index >= 15 is 0 Å². The maximum atomic E-state index is 10.9. The minimum absolute atomic E-state index is 0.0268. The van der Waals surface area contributed by atoms with Crippen molar-refractivity contribution in [1.82, 2.24) is 10.2 Å². The summed E-state index contributed by atoms with van der Waals surface area (Å²) in [5.41, 5.74) is 0. The fraction of sp³-hybridized carbons (Fsp3) is 0.500. The number of nitrogens with zero attached hydrogens (tertiary/aromatic N) is 1. The van der Waals surface area contributed by atoms with Crippen LogP contribution < -0.4 is 5.32 Å². The maximum Gasteiger partial charge on any atom is 0.323 e. The lowest BCUT2D eigenvalue weighted by Gasteiger charge is -2.23. The van der Waals surface area contributed by atoms with Gasteiger partial charge in [0.1, 0.15) is 6.54 Å². The third-order valence-corrected chi connectivity index (χ3v) is 1.45. The first-order valence-electron chi connectivity index (χ1n) is 3.37. The average molecular weight is 172 g/mol. The summed E-state index contributed by atoms with van der Waals surface area (Å²) >= 11 is 0. The molecule has 1 aliphatic rings. The van der Waals surface area contributed by atoms with Crippen LogP contribution in [-0.4, -0.2) is 47.4 Å². The molecule has 12 heavy (non-hydrogen) atoms. The lowest BCUT2D eigenvalue weighted by Crippen LogP contribution is -2.53. The molecule has 2 amide bonds. The average Bonchev–Trinajstić information content (AvgIpc) is 1.97. The van der Waals surface area contributed by atoms with Crippen molar-refractivity contribution in [2.45, 2.75) is 0 Å². The van der Waals surface area contributed by atoms with Crippen molar-refractivity contribution in [1.29, 1.82) is 0 Å². The molecule has 1 aliphatic heterocycles. The van der Waals surface area contributed by atoms with Gasteiger partial charge in [0.25, 0.3) is 0 Å². The second-order valence-electron chi connectivity index (χ2n) is 2.37. The highest BCUT2D eigenvalue weighted by molar-refractivity contribution is 6.01. The molecule has 66 valence electrons. The number of nitrogens with one attached hydrogen (secondary N) is 1. The van der Waals surface area contributed by atoms with E-state index in [2.05, 4.69) is 5.32 Å². The smallest absolute Gasteiger partial charge is 0.323 e. The highest BCUT2D eigenvalue weighted by Gasteiger charge is 2.26. The zero-order valence-corrected chi connectivity index (χ0v) is 6.24. The first kappa shape index (κ1) is 8.66. The van der Waals surface area contributed by atoms with Crippen LogP contribution in [0.1, 0.15) is 0 Å². The zero-order valence-electron chi connectivity index (χ0n) is 6.24. The Morgan fingerprint density at radius 3 is 2.33 bits per heavy atom. The van der Waals surface area contributed by atoms with Crippen LogP contribution in [0.3, 0.4) is 0 Å². The molecule has 6 nitrogen and oxygen atoms in total. The van der Waals surface area contributed by atoms with Gasteiger partial charge in [-0.1, -0.05) is 0 Å². The number of hydrogen-bond acceptors (Lipinski definition) is 4. The molecule has 0 unspecified atom stereocenters. The topological polar surface area (TPSA) is 86.7 Å². The van der Waals surface area contributed by atoms with Gasteiger partial charge in [0.05, 0.1) is 13.1 Å². The summed E-state index contributed by atoms with van der Waals surface area (Å²) in [7, 11) is 0. The number of aliphatic carboxylic acids is 1. The first-order chi connectivity index (χ1) is 5.61. The zero-order chi connectivity index (χ0) is 9.14. The van der Waals surface area contributed by atoms with Crippen molar-refractivity contribution >= 4 is 17.8 Å². The van der Waals surface area contributed by atoms with Crippen LogP contribution >= 0.6 is 0 Å². The fourth-order valence-electron chi connectivity index (χ4n) is 0.918. The molecule has 2 N–H and O–H groups in total. The molecule has 1 fully saturated rings. The Morgan fingerprint density at radius 2 is 1.92 bits per heavy atom. The quantitative estimate of drug-likeness (QED) is 0.472. The molecule has 0 saturated carbocycles. The van der Waals surface area contributed by atoms with Gasteiger partial charge in [-0.2, -0.15) is 0 Å². The predicted octanol–water partition coefficient (Wildman–Crippen LogP) is -1.97. The van der Waals surface area contributed by atoms with Crippen LogP contribution in [0.2, 0.25) is 0 Å². The van der Waals surface area contributed by atoms with E-state index < -0.39 is 24.3 Å². The molecule has 0 aromatic carbocycles. The number of hydrogen-bond donors (Lipinski definition) is 2. The molecule has 1 heterocycles. The molecule has 0 spiro atoms. The molecule has 0 radical (unpaired) electrons. The molecule has 0 atom stereocenters. The third-order valence-electron chi connectivity index (χ3n) is 1.45. The van der Waals surface area contributed by atoms with E-state index in [4.69, 9.17) is 5.11 Å². The molecule has 0 aromatic heterocycles. The second-order valence-corrected chi connectivity index (χ2v) is 2.37. The molecule has 0 aromatic rings. The van der Waals surface area contributed by atoms with Crippen molar-refractivity contribution in [2.24, 2.45) is 0 Å². The minimum Gasteiger partial charge on any atom is -0.480 e. The van der Waals surface area contributed by atoms with Gasteiger partial charge in [-0.3, -0.25) is 24.6 Å². The van der Waals surface area contributed by atoms with Crippen molar-refractivity contribution in [2.75, 3.05) is 19.6 Å². The van der Waals surface area contributed by atoms with E-state index in [0.29, 0.717) is 0 Å². The summed E-state index contributed by atoms with van der Waals surface area (Å²) in [5.74, 6) is -2.17. The van der Waals surface area contributed by atoms with Gasteiger partial charge in [0.2, 0.25) is 11.8 Å². The molecule has 6 heteroatoms. The Kier molecular flexibility index (Phi) is 2.39. The van der Waals surface area contributed by atoms with Crippen LogP contribution in [0.4, 0.5) is 0 Å². The van der Waals surface area contributed by atoms with Gasteiger partial charge in [0.15, 0.2) is 0 Å². The van der Waals surface area contributed by atoms with Gasteiger partial charge in [-0.15, -0.1) is 0 Å². The SMILES string of the molecule is O=C(O)CN1C(=O)CNCC1=O. The number of rotatable bonds is 2. The van der Waals surface area contributed by atoms with Crippen LogP contribution in [-0.2, 0) is 14.4 Å². The van der Waals surface area contributed by atoms with E-state index in [9.17, 15) is 14.4 Å². The summed E-state index contributed by atoms with van der Waals surface area (Å²) < 4.78 is 0. The fourth-order valence-corrected chi connectivity index (χ4v) is 0.918. The standard InChI is InChI=1S/C6H8N2O4/c9-4-1-7-2-5(10)8(4)3-6(11)12/h7H,1-3H2,(H,11,12). The Bertz CT molecular complexity index is 222. The summed E-state index contributed by atoms with van der Waals surface area (Å²) in [4.78, 5) is 32.8. The van der Waals surface area contributed by atoms with Crippen LogP contribution in [0.25, 0.3) is 0 Å². The predicted molar refractivity (Wildman–Crippen MR) is 37.2 cm³/mol. The molecular formula is C6H8N2O4. The Morgan fingerprint density at radius 1 is 1.42 bits per heavy atom. The maximum absolute atomic E-state index is 10.9. The first-order valence-corrected chi connectivity index (χ1v) is 3.37. The molecule has 0 aliphatic carbocycles. The Balaban J connectivity index is 2.63. The number of carboxylic acid groups (broad SMARTS) is 1. The lowest BCUT2D eigenvalue weighted by molar-refractivity contribution is -0.153. The van der Waals surface area contributed by atoms with E-state index in [1.165, 1.54) is 0 Å². The number of carboxylic acids is 1. The Hall–Kier alpha value is -1.43. The van der Waals surface area contributed by atoms with E-state index in [0.717, 1.165) is 4.90 Å². The minimum atomic E-state index is -1.18. The van der Waals surface area contributed by atoms with Crippen molar-refractivity contribution in [3.63, 3.8) is 0 Å². The molecular weight excluding hydrogens is 164 g/mol. The second kappa shape index (κ2) is 3.31. The van der Waals surface area contributed by atoms with Crippen molar-refractivity contribution < 1.29 is 19.5 Å². The third kappa shape index (κ3) is 1.79. The van der Waals surface area contributed by atoms with Gasteiger partial charge in [0, 0.05) is 0 Å². The number of carbonyl (C=O) groups excluding carboxylic acids is 2. The highest BCUT2D eigenvalue weighted by atomic mass is 16.4. The molecule has 1 saturated heterocycles. The number of amides is 2. The van der Waals surface area contributed by atoms with Crippen molar-refractivity contribution in [3.8, 4) is 0 Å². The van der Waals surface area contributed by atoms with Gasteiger partial charge >= 0.3 is 5.97 Å². The summed E-state index contributed by atoms with van der Waals surface area (Å²) in [6.45, 7) is -0.489. The van der Waals surface area contributed by atoms with Gasteiger partial charge < -0.3 is 5.11 Å². The summed E-state index contributed by atoms with van der Waals surface area (Å²) in [6.07, 6.45) is 0. The van der Waals surface area contributed by atoms with Gasteiger partial charge in [-0.25, -0.2) is 0 Å². The molecule has 1 rings (SSSR count). The van der Waals surface area contributed by atoms with E-state index in [-0.39, 0.29) is 13.1 Å². The van der Waals surface area contributed by atoms with Crippen LogP contribution in [0.5, 0.6) is 0 Å². The van der Waals surface area contributed by atoms with Crippen molar-refractivity contribution in [3.05, 3.63) is 0 Å². The highest BCUT2D eigenvalue weighted by Crippen LogP contribution is 1.95. The largest absolute Gasteiger partial charge is 0.480 e. The summed E-state index contributed by atoms with van der Waals surface area (Å²) in [5, 5.41) is 10.9. The normalized spacial score (nSPS) is 18.2. The Labute approximate surface area is 68.1 Å². The molecule has 0 bridgehead atoms. The van der Waals surface area contributed by atoms with Gasteiger partial charge in [-0.05, 0) is 0 Å². The van der Waals surface area contributed by atoms with E-state index in [1.807, 2.05) is 0 Å².